The molecule has 0 saturated carbocycles. The van der Waals surface area contributed by atoms with Crippen molar-refractivity contribution in [2.45, 2.75) is 49.3 Å². The number of carbonyl (C=O) groups excluding carboxylic acids is 1. The fourth-order valence-corrected chi connectivity index (χ4v) is 7.22. The molecule has 266 valence electrons. The number of rotatable bonds is 16. The third kappa shape index (κ3) is 7.67. The summed E-state index contributed by atoms with van der Waals surface area (Å²) >= 11 is 0. The lowest BCUT2D eigenvalue weighted by Crippen LogP contribution is -2.56. The highest BCUT2D eigenvalue weighted by Crippen LogP contribution is 2.51. The average molecular weight is 697 g/mol. The first kappa shape index (κ1) is 36.9. The summed E-state index contributed by atoms with van der Waals surface area (Å²) in [6.07, 6.45) is 2.29. The summed E-state index contributed by atoms with van der Waals surface area (Å²) in [7, 11) is 2.27. The molecule has 1 heterocycles. The molecule has 0 radical (unpaired) electrons. The van der Waals surface area contributed by atoms with Crippen molar-refractivity contribution in [2.75, 3.05) is 20.8 Å². The van der Waals surface area contributed by atoms with Crippen LogP contribution in [0.1, 0.15) is 53.7 Å². The van der Waals surface area contributed by atoms with Crippen LogP contribution in [0, 0.1) is 0 Å². The Morgan fingerprint density at radius 3 is 1.38 bits per heavy atom. The summed E-state index contributed by atoms with van der Waals surface area (Å²) in [6.45, 7) is 2.13. The second-order valence-corrected chi connectivity index (χ2v) is 12.5. The Hall–Kier alpha value is -4.83. The van der Waals surface area contributed by atoms with Crippen LogP contribution >= 0.6 is 0 Å². The predicted octanol–water partition coefficient (Wildman–Crippen LogP) is 8.59. The van der Waals surface area contributed by atoms with Gasteiger partial charge >= 0.3 is 13.3 Å². The number of methoxy groups -OCH3 is 2. The number of hydrogen-bond donors (Lipinski definition) is 0. The fourth-order valence-electron chi connectivity index (χ4n) is 7.22. The molecule has 0 aromatic heterocycles. The number of esters is 1. The van der Waals surface area contributed by atoms with Gasteiger partial charge < -0.3 is 28.2 Å². The zero-order valence-corrected chi connectivity index (χ0v) is 29.9. The molecule has 6 rings (SSSR count). The highest BCUT2D eigenvalue weighted by atomic mass is 16.8. The minimum Gasteiger partial charge on any atom is -0.466 e. The zero-order valence-electron chi connectivity index (χ0n) is 29.9. The van der Waals surface area contributed by atoms with Gasteiger partial charge in [-0.05, 0) is 41.2 Å². The summed E-state index contributed by atoms with van der Waals surface area (Å²) in [5.41, 5.74) is 2.14. The molecule has 0 amide bonds. The van der Waals surface area contributed by atoms with Crippen molar-refractivity contribution in [3.63, 3.8) is 0 Å². The largest absolute Gasteiger partial charge is 0.640 e. The van der Waals surface area contributed by atoms with E-state index in [2.05, 4.69) is 0 Å². The van der Waals surface area contributed by atoms with Gasteiger partial charge in [0.05, 0.1) is 19.1 Å². The molecule has 0 spiro atoms. The second-order valence-electron chi connectivity index (χ2n) is 12.5. The van der Waals surface area contributed by atoms with Crippen LogP contribution in [0.15, 0.2) is 164 Å². The normalized spacial score (nSPS) is 16.9. The minimum absolute atomic E-state index is 0.172. The van der Waals surface area contributed by atoms with E-state index in [9.17, 15) is 4.79 Å². The van der Waals surface area contributed by atoms with Gasteiger partial charge in [0.15, 0.2) is 0 Å². The molecule has 5 aromatic rings. The van der Waals surface area contributed by atoms with E-state index >= 15 is 0 Å². The van der Waals surface area contributed by atoms with Gasteiger partial charge in [0.1, 0.15) is 23.4 Å². The van der Waals surface area contributed by atoms with Crippen molar-refractivity contribution in [1.82, 2.24) is 0 Å². The topological polar surface area (TPSA) is 72.5 Å². The summed E-state index contributed by atoms with van der Waals surface area (Å²) in [4.78, 5) is 12.1. The summed E-state index contributed by atoms with van der Waals surface area (Å²) in [6, 6.07) is 50.2. The molecule has 5 aromatic carbocycles. The van der Waals surface area contributed by atoms with E-state index in [-0.39, 0.29) is 12.4 Å². The van der Waals surface area contributed by atoms with Crippen molar-refractivity contribution >= 4 is 13.3 Å². The van der Waals surface area contributed by atoms with Crippen LogP contribution < -0.4 is 0 Å². The van der Waals surface area contributed by atoms with Crippen LogP contribution in [0.3, 0.4) is 0 Å². The molecule has 52 heavy (non-hydrogen) atoms. The molecule has 1 fully saturated rings. The van der Waals surface area contributed by atoms with Crippen molar-refractivity contribution in [3.05, 3.63) is 192 Å². The van der Waals surface area contributed by atoms with E-state index < -0.39 is 36.8 Å². The predicted molar refractivity (Wildman–Crippen MR) is 202 cm³/mol. The summed E-state index contributed by atoms with van der Waals surface area (Å²) < 4.78 is 39.5. The van der Waals surface area contributed by atoms with Crippen molar-refractivity contribution in [2.24, 2.45) is 0 Å². The minimum atomic E-state index is -1.17. The van der Waals surface area contributed by atoms with Crippen LogP contribution in [0.5, 0.6) is 0 Å². The number of hydrogen-bond acceptors (Lipinski definition) is 7. The van der Waals surface area contributed by atoms with E-state index in [0.29, 0.717) is 13.0 Å². The highest BCUT2D eigenvalue weighted by Gasteiger charge is 2.63. The molecule has 0 N–H and O–H groups in total. The molecule has 8 heteroatoms. The Kier molecular flexibility index (Phi) is 12.5. The van der Waals surface area contributed by atoms with Gasteiger partial charge in [-0.15, -0.1) is 0 Å². The van der Waals surface area contributed by atoms with Gasteiger partial charge in [0.2, 0.25) is 0 Å². The third-order valence-electron chi connectivity index (χ3n) is 9.60. The quantitative estimate of drug-likeness (QED) is 0.0582. The molecule has 7 nitrogen and oxygen atoms in total. The average Bonchev–Trinajstić information content (AvgIpc) is 3.63. The SMILES string of the molecule is CCOC(=O)C/C=C\C[C@H](OB1O[C@@H](C(OC)(c2ccccc2)c2ccccc2)[C@H](C(OC)(c2ccccc2)c2ccccc2)O1)c1ccccc1. The Bertz CT molecular complexity index is 1660. The first-order valence-corrected chi connectivity index (χ1v) is 17.7. The van der Waals surface area contributed by atoms with E-state index in [1.165, 1.54) is 0 Å². The second kappa shape index (κ2) is 17.6. The van der Waals surface area contributed by atoms with Gasteiger partial charge in [0, 0.05) is 14.2 Å². The van der Waals surface area contributed by atoms with E-state index in [1.54, 1.807) is 27.2 Å². The van der Waals surface area contributed by atoms with E-state index in [0.717, 1.165) is 27.8 Å². The lowest BCUT2D eigenvalue weighted by molar-refractivity contribution is -0.142. The van der Waals surface area contributed by atoms with Crippen molar-refractivity contribution in [3.8, 4) is 0 Å². The molecular weight excluding hydrogens is 651 g/mol. The third-order valence-corrected chi connectivity index (χ3v) is 9.60. The standard InChI is InChI=1S/C44H45BO7/c1-4-49-40(46)33-21-20-32-39(34-22-10-5-11-23-34)50-45-51-41(43(47-2,35-24-12-6-13-25-35)36-26-14-7-15-27-36)42(52-45)44(48-3,37-28-16-8-17-29-37)38-30-18-9-19-31-38/h5-31,39,41-42H,4,32-33H2,1-3H3/b21-20-/t39-,41+,42+/m0/s1. The highest BCUT2D eigenvalue weighted by molar-refractivity contribution is 6.37. The molecule has 1 saturated heterocycles. The lowest BCUT2D eigenvalue weighted by atomic mass is 9.71. The molecular formula is C44H45BO7. The first-order chi connectivity index (χ1) is 25.6. The van der Waals surface area contributed by atoms with Gasteiger partial charge in [-0.2, -0.15) is 0 Å². The number of benzene rings is 5. The summed E-state index contributed by atoms with van der Waals surface area (Å²) in [5, 5.41) is 0. The van der Waals surface area contributed by atoms with Gasteiger partial charge in [-0.25, -0.2) is 0 Å². The molecule has 3 atom stereocenters. The van der Waals surface area contributed by atoms with E-state index in [1.807, 2.05) is 158 Å². The van der Waals surface area contributed by atoms with Gasteiger partial charge in [-0.3, -0.25) is 4.79 Å². The maximum absolute atomic E-state index is 12.1. The zero-order chi connectivity index (χ0) is 36.2. The van der Waals surface area contributed by atoms with Crippen LogP contribution in [-0.4, -0.2) is 46.3 Å². The van der Waals surface area contributed by atoms with Gasteiger partial charge in [-0.1, -0.05) is 164 Å². The Morgan fingerprint density at radius 1 is 0.635 bits per heavy atom. The summed E-state index contributed by atoms with van der Waals surface area (Å²) in [5.74, 6) is -0.278. The fraction of sp³-hybridized carbons (Fsp3) is 0.250. The molecule has 1 aliphatic heterocycles. The van der Waals surface area contributed by atoms with Crippen LogP contribution in [0.25, 0.3) is 0 Å². The Balaban J connectivity index is 1.49. The van der Waals surface area contributed by atoms with E-state index in [4.69, 9.17) is 28.2 Å². The Morgan fingerprint density at radius 2 is 1.02 bits per heavy atom. The lowest BCUT2D eigenvalue weighted by Gasteiger charge is -2.46. The first-order valence-electron chi connectivity index (χ1n) is 17.7. The van der Waals surface area contributed by atoms with Crippen LogP contribution in [0.4, 0.5) is 0 Å². The molecule has 1 aliphatic rings. The number of carbonyl (C=O) groups is 1. The molecule has 0 bridgehead atoms. The number of ether oxygens (including phenoxy) is 3. The maximum Gasteiger partial charge on any atom is 0.640 e. The van der Waals surface area contributed by atoms with Crippen LogP contribution in [-0.2, 0) is 44.2 Å². The van der Waals surface area contributed by atoms with Crippen molar-refractivity contribution < 1.29 is 33.0 Å². The monoisotopic (exact) mass is 696 g/mol. The maximum atomic E-state index is 12.1. The molecule has 0 unspecified atom stereocenters. The Labute approximate surface area is 307 Å². The smallest absolute Gasteiger partial charge is 0.466 e. The van der Waals surface area contributed by atoms with Crippen LogP contribution in [0.2, 0.25) is 0 Å². The van der Waals surface area contributed by atoms with Gasteiger partial charge in [0.25, 0.3) is 0 Å². The molecule has 0 aliphatic carbocycles. The van der Waals surface area contributed by atoms with Crippen molar-refractivity contribution in [1.29, 1.82) is 0 Å².